The number of nitriles is 1. The summed E-state index contributed by atoms with van der Waals surface area (Å²) in [6.07, 6.45) is 1.11. The largest absolute Gasteiger partial charge is 0.319 e. The lowest BCUT2D eigenvalue weighted by Gasteiger charge is -2.05. The van der Waals surface area contributed by atoms with Gasteiger partial charge < -0.3 is 5.32 Å². The topological polar surface area (TPSA) is 52.9 Å². The Hall–Kier alpha value is -2.52. The van der Waals surface area contributed by atoms with E-state index in [1.807, 2.05) is 0 Å². The van der Waals surface area contributed by atoms with Crippen molar-refractivity contribution in [3.05, 3.63) is 69.7 Å². The maximum atomic E-state index is 13.7. The second kappa shape index (κ2) is 6.96. The molecule has 0 fully saturated rings. The first kappa shape index (κ1) is 15.9. The Morgan fingerprint density at radius 3 is 2.59 bits per heavy atom. The number of para-hydroxylation sites is 1. The highest BCUT2D eigenvalue weighted by molar-refractivity contribution is 9.10. The third-order valence-electron chi connectivity index (χ3n) is 2.75. The number of rotatable bonds is 3. The Morgan fingerprint density at radius 1 is 1.18 bits per heavy atom. The van der Waals surface area contributed by atoms with Gasteiger partial charge in [-0.25, -0.2) is 8.78 Å². The molecule has 0 atom stereocenters. The minimum Gasteiger partial charge on any atom is -0.319 e. The van der Waals surface area contributed by atoms with Gasteiger partial charge in [0.25, 0.3) is 5.91 Å². The van der Waals surface area contributed by atoms with Crippen molar-refractivity contribution >= 4 is 33.6 Å². The van der Waals surface area contributed by atoms with Crippen LogP contribution in [0.25, 0.3) is 6.08 Å². The van der Waals surface area contributed by atoms with E-state index in [2.05, 4.69) is 21.2 Å². The van der Waals surface area contributed by atoms with Crippen LogP contribution in [-0.2, 0) is 4.79 Å². The first-order chi connectivity index (χ1) is 10.5. The number of amides is 1. The molecule has 0 unspecified atom stereocenters. The number of carbonyl (C=O) groups excluding carboxylic acids is 1. The lowest BCUT2D eigenvalue weighted by atomic mass is 10.1. The monoisotopic (exact) mass is 362 g/mol. The van der Waals surface area contributed by atoms with E-state index < -0.39 is 17.5 Å². The predicted octanol–water partition coefficient (Wildman–Crippen LogP) is 4.27. The zero-order valence-electron chi connectivity index (χ0n) is 11.1. The summed E-state index contributed by atoms with van der Waals surface area (Å²) >= 11 is 3.18. The van der Waals surface area contributed by atoms with Crippen molar-refractivity contribution < 1.29 is 13.6 Å². The second-order valence-corrected chi connectivity index (χ2v) is 5.19. The molecule has 3 nitrogen and oxygen atoms in total. The molecule has 0 spiro atoms. The molecular formula is C16H9BrF2N2O. The van der Waals surface area contributed by atoms with Crippen LogP contribution in [0.15, 0.2) is 52.5 Å². The molecule has 0 heterocycles. The number of carbonyl (C=O) groups is 1. The highest BCUT2D eigenvalue weighted by atomic mass is 79.9. The number of anilines is 1. The Kier molecular flexibility index (Phi) is 5.02. The fourth-order valence-electron chi connectivity index (χ4n) is 1.68. The van der Waals surface area contributed by atoms with Gasteiger partial charge in [-0.15, -0.1) is 0 Å². The normalized spacial score (nSPS) is 10.9. The van der Waals surface area contributed by atoms with E-state index in [-0.39, 0.29) is 16.8 Å². The molecule has 110 valence electrons. The minimum atomic E-state index is -0.813. The summed E-state index contributed by atoms with van der Waals surface area (Å²) in [5, 5.41) is 11.3. The summed E-state index contributed by atoms with van der Waals surface area (Å²) in [4.78, 5) is 12.0. The van der Waals surface area contributed by atoms with Crippen molar-refractivity contribution in [2.75, 3.05) is 5.32 Å². The molecule has 22 heavy (non-hydrogen) atoms. The fourth-order valence-corrected chi connectivity index (χ4v) is 2.06. The zero-order chi connectivity index (χ0) is 16.1. The van der Waals surface area contributed by atoms with E-state index >= 15 is 0 Å². The van der Waals surface area contributed by atoms with Crippen molar-refractivity contribution in [3.63, 3.8) is 0 Å². The zero-order valence-corrected chi connectivity index (χ0v) is 12.7. The average Bonchev–Trinajstić information content (AvgIpc) is 2.50. The van der Waals surface area contributed by atoms with Crippen LogP contribution in [-0.4, -0.2) is 5.91 Å². The smallest absolute Gasteiger partial charge is 0.266 e. The van der Waals surface area contributed by atoms with Crippen LogP contribution < -0.4 is 5.32 Å². The molecule has 0 saturated heterocycles. The lowest BCUT2D eigenvalue weighted by Crippen LogP contribution is -2.14. The van der Waals surface area contributed by atoms with Crippen molar-refractivity contribution in [2.24, 2.45) is 0 Å². The highest BCUT2D eigenvalue weighted by Crippen LogP contribution is 2.19. The molecule has 0 bridgehead atoms. The Labute approximate surface area is 134 Å². The molecule has 0 aliphatic rings. The summed E-state index contributed by atoms with van der Waals surface area (Å²) < 4.78 is 27.7. The van der Waals surface area contributed by atoms with Crippen molar-refractivity contribution in [1.29, 1.82) is 5.26 Å². The molecule has 2 rings (SSSR count). The number of hydrogen-bond donors (Lipinski definition) is 1. The van der Waals surface area contributed by atoms with Gasteiger partial charge in [-0.1, -0.05) is 28.1 Å². The molecule has 2 aromatic rings. The SMILES string of the molecule is N#C/C(=C\c1cc(Br)ccc1F)C(=O)Nc1ccccc1F. The van der Waals surface area contributed by atoms with E-state index in [9.17, 15) is 13.6 Å². The summed E-state index contributed by atoms with van der Waals surface area (Å²) in [6.45, 7) is 0. The number of nitrogens with zero attached hydrogens (tertiary/aromatic N) is 1. The van der Waals surface area contributed by atoms with Gasteiger partial charge >= 0.3 is 0 Å². The second-order valence-electron chi connectivity index (χ2n) is 4.27. The van der Waals surface area contributed by atoms with Crippen LogP contribution in [0.3, 0.4) is 0 Å². The highest BCUT2D eigenvalue weighted by Gasteiger charge is 2.13. The third kappa shape index (κ3) is 3.77. The van der Waals surface area contributed by atoms with E-state index in [0.29, 0.717) is 4.47 Å². The van der Waals surface area contributed by atoms with Crippen LogP contribution in [0.5, 0.6) is 0 Å². The fraction of sp³-hybridized carbons (Fsp3) is 0. The van der Waals surface area contributed by atoms with Crippen molar-refractivity contribution in [2.45, 2.75) is 0 Å². The van der Waals surface area contributed by atoms with Gasteiger partial charge in [0.15, 0.2) is 0 Å². The number of nitrogens with one attached hydrogen (secondary N) is 1. The molecular weight excluding hydrogens is 354 g/mol. The van der Waals surface area contributed by atoms with Gasteiger partial charge in [0.1, 0.15) is 23.3 Å². The van der Waals surface area contributed by atoms with Crippen LogP contribution in [0.1, 0.15) is 5.56 Å². The van der Waals surface area contributed by atoms with Crippen LogP contribution in [0.2, 0.25) is 0 Å². The predicted molar refractivity (Wildman–Crippen MR) is 82.7 cm³/mol. The van der Waals surface area contributed by atoms with Gasteiger partial charge in [0, 0.05) is 10.0 Å². The minimum absolute atomic E-state index is 0.0524. The maximum absolute atomic E-state index is 13.7. The molecule has 1 amide bonds. The molecule has 2 aromatic carbocycles. The summed E-state index contributed by atoms with van der Waals surface area (Å²) in [5.41, 5.74) is -0.307. The van der Waals surface area contributed by atoms with Gasteiger partial charge in [-0.2, -0.15) is 5.26 Å². The number of hydrogen-bond acceptors (Lipinski definition) is 2. The molecule has 0 radical (unpaired) electrons. The maximum Gasteiger partial charge on any atom is 0.266 e. The van der Waals surface area contributed by atoms with Crippen LogP contribution in [0, 0.1) is 23.0 Å². The van der Waals surface area contributed by atoms with E-state index in [1.165, 1.54) is 36.4 Å². The third-order valence-corrected chi connectivity index (χ3v) is 3.24. The molecule has 1 N–H and O–H groups in total. The Morgan fingerprint density at radius 2 is 1.91 bits per heavy atom. The average molecular weight is 363 g/mol. The first-order valence-corrected chi connectivity index (χ1v) is 6.93. The Balaban J connectivity index is 2.30. The van der Waals surface area contributed by atoms with Gasteiger partial charge in [-0.05, 0) is 36.4 Å². The lowest BCUT2D eigenvalue weighted by molar-refractivity contribution is -0.112. The Bertz CT molecular complexity index is 797. The first-order valence-electron chi connectivity index (χ1n) is 6.14. The van der Waals surface area contributed by atoms with Gasteiger partial charge in [0.2, 0.25) is 0 Å². The van der Waals surface area contributed by atoms with Crippen molar-refractivity contribution in [3.8, 4) is 6.07 Å². The number of halogens is 3. The van der Waals surface area contributed by atoms with Crippen molar-refractivity contribution in [1.82, 2.24) is 0 Å². The van der Waals surface area contributed by atoms with E-state index in [4.69, 9.17) is 5.26 Å². The van der Waals surface area contributed by atoms with E-state index in [1.54, 1.807) is 12.1 Å². The summed E-state index contributed by atoms with van der Waals surface area (Å²) in [5.74, 6) is -2.01. The van der Waals surface area contributed by atoms with Crippen LogP contribution in [0.4, 0.5) is 14.5 Å². The quantitative estimate of drug-likeness (QED) is 0.654. The molecule has 6 heteroatoms. The van der Waals surface area contributed by atoms with Gasteiger partial charge in [0.05, 0.1) is 5.69 Å². The molecule has 0 saturated carbocycles. The summed E-state index contributed by atoms with van der Waals surface area (Å²) in [7, 11) is 0. The molecule has 0 aliphatic heterocycles. The molecule has 0 aromatic heterocycles. The van der Waals surface area contributed by atoms with E-state index in [0.717, 1.165) is 6.08 Å². The molecule has 0 aliphatic carbocycles. The standard InChI is InChI=1S/C16H9BrF2N2O/c17-12-5-6-13(18)10(8-12)7-11(9-20)16(22)21-15-4-2-1-3-14(15)19/h1-8H,(H,21,22)/b11-7+. The van der Waals surface area contributed by atoms with Crippen LogP contribution >= 0.6 is 15.9 Å². The summed E-state index contributed by atoms with van der Waals surface area (Å²) in [6, 6.07) is 11.4. The number of benzene rings is 2. The van der Waals surface area contributed by atoms with Gasteiger partial charge in [-0.3, -0.25) is 4.79 Å².